The number of anilines is 1. The number of alkyl halides is 3. The van der Waals surface area contributed by atoms with Gasteiger partial charge in [0.25, 0.3) is 5.91 Å². The Balaban J connectivity index is 1.47. The zero-order valence-corrected chi connectivity index (χ0v) is 18.2. The van der Waals surface area contributed by atoms with E-state index in [9.17, 15) is 22.8 Å². The van der Waals surface area contributed by atoms with Crippen molar-refractivity contribution in [3.63, 3.8) is 0 Å². The van der Waals surface area contributed by atoms with Crippen molar-refractivity contribution < 1.29 is 32.9 Å². The van der Waals surface area contributed by atoms with Crippen LogP contribution in [-0.4, -0.2) is 37.2 Å². The highest BCUT2D eigenvalue weighted by molar-refractivity contribution is 5.95. The molecule has 1 heterocycles. The first-order valence-electron chi connectivity index (χ1n) is 10.8. The van der Waals surface area contributed by atoms with Crippen molar-refractivity contribution in [3.05, 3.63) is 77.1 Å². The van der Waals surface area contributed by atoms with Crippen LogP contribution in [0.25, 0.3) is 0 Å². The number of amides is 2. The molecule has 11 heteroatoms. The molecule has 4 rings (SSSR count). The Kier molecular flexibility index (Phi) is 7.15. The van der Waals surface area contributed by atoms with Gasteiger partial charge < -0.3 is 15.4 Å². The van der Waals surface area contributed by atoms with Crippen LogP contribution in [0, 0.1) is 0 Å². The van der Waals surface area contributed by atoms with E-state index in [2.05, 4.69) is 10.9 Å². The van der Waals surface area contributed by atoms with Crippen LogP contribution in [0.3, 0.4) is 0 Å². The van der Waals surface area contributed by atoms with Gasteiger partial charge in [0.2, 0.25) is 5.70 Å². The SMILES string of the molecule is O=C(NC1CC1)C1=C(COCc2ccccc2)N(c2ccc(C(=O)NCC(F)(F)F)cc2)N[NH2+]1. The van der Waals surface area contributed by atoms with Crippen molar-refractivity contribution >= 4 is 17.5 Å². The number of hydrogen-bond donors (Lipinski definition) is 4. The van der Waals surface area contributed by atoms with Crippen molar-refractivity contribution in [1.29, 1.82) is 0 Å². The second-order valence-electron chi connectivity index (χ2n) is 8.04. The first-order chi connectivity index (χ1) is 16.3. The number of rotatable bonds is 9. The van der Waals surface area contributed by atoms with Crippen molar-refractivity contribution in [2.45, 2.75) is 31.7 Å². The number of hydrogen-bond acceptors (Lipinski definition) is 5. The van der Waals surface area contributed by atoms with Gasteiger partial charge in [0.05, 0.1) is 18.9 Å². The summed E-state index contributed by atoms with van der Waals surface area (Å²) in [7, 11) is 0. The number of carbonyl (C=O) groups is 2. The monoisotopic (exact) mass is 476 g/mol. The van der Waals surface area contributed by atoms with E-state index >= 15 is 0 Å². The highest BCUT2D eigenvalue weighted by atomic mass is 19.4. The molecule has 1 saturated carbocycles. The molecule has 1 fully saturated rings. The van der Waals surface area contributed by atoms with E-state index in [1.165, 1.54) is 12.1 Å². The fraction of sp³-hybridized carbons (Fsp3) is 0.304. The Morgan fingerprint density at radius 2 is 1.74 bits per heavy atom. The van der Waals surface area contributed by atoms with Crippen molar-refractivity contribution in [2.24, 2.45) is 0 Å². The fourth-order valence-electron chi connectivity index (χ4n) is 3.36. The highest BCUT2D eigenvalue weighted by Crippen LogP contribution is 2.23. The first-order valence-corrected chi connectivity index (χ1v) is 10.8. The summed E-state index contributed by atoms with van der Waals surface area (Å²) in [6, 6.07) is 15.8. The Bertz CT molecular complexity index is 1050. The largest absolute Gasteiger partial charge is 0.405 e. The summed E-state index contributed by atoms with van der Waals surface area (Å²) in [5, 5.41) is 6.46. The molecule has 2 aliphatic rings. The standard InChI is InChI=1S/C23H24F3N5O3/c24-23(25,26)14-27-21(32)16-6-10-18(11-7-16)31-19(13-34-12-15-4-2-1-3-5-15)20(29-30-31)22(33)28-17-8-9-17/h1-7,10-11,17,29-30H,8-9,12-14H2,(H,27,32)(H,28,33)/p+1. The van der Waals surface area contributed by atoms with Crippen LogP contribution in [0.4, 0.5) is 18.9 Å². The molecule has 8 nitrogen and oxygen atoms in total. The predicted molar refractivity (Wildman–Crippen MR) is 117 cm³/mol. The van der Waals surface area contributed by atoms with Crippen LogP contribution in [0.2, 0.25) is 0 Å². The number of benzene rings is 2. The number of halogens is 3. The van der Waals surface area contributed by atoms with Gasteiger partial charge in [0.15, 0.2) is 0 Å². The van der Waals surface area contributed by atoms with Gasteiger partial charge in [-0.1, -0.05) is 35.9 Å². The van der Waals surface area contributed by atoms with Crippen molar-refractivity contribution in [3.8, 4) is 0 Å². The third-order valence-corrected chi connectivity index (χ3v) is 5.26. The molecule has 0 unspecified atom stereocenters. The molecule has 0 spiro atoms. The lowest BCUT2D eigenvalue weighted by Crippen LogP contribution is -2.92. The fourth-order valence-corrected chi connectivity index (χ4v) is 3.36. The molecule has 2 aromatic carbocycles. The van der Waals surface area contributed by atoms with Crippen molar-refractivity contribution in [1.82, 2.24) is 16.2 Å². The summed E-state index contributed by atoms with van der Waals surface area (Å²) in [6.45, 7) is -0.908. The maximum absolute atomic E-state index is 12.7. The summed E-state index contributed by atoms with van der Waals surface area (Å²) >= 11 is 0. The van der Waals surface area contributed by atoms with E-state index in [1.807, 2.05) is 35.6 Å². The average Bonchev–Trinajstić information content (AvgIpc) is 3.53. The number of quaternary nitrogens is 1. The van der Waals surface area contributed by atoms with Gasteiger partial charge in [-0.3, -0.25) is 9.59 Å². The predicted octanol–water partition coefficient (Wildman–Crippen LogP) is 1.49. The molecule has 2 amide bonds. The number of ether oxygens (including phenoxy) is 1. The maximum atomic E-state index is 12.7. The molecule has 0 bridgehead atoms. The normalized spacial score (nSPS) is 16.0. The van der Waals surface area contributed by atoms with Gasteiger partial charge in [0.1, 0.15) is 12.2 Å². The minimum atomic E-state index is -4.48. The van der Waals surface area contributed by atoms with Crippen LogP contribution < -0.4 is 26.6 Å². The lowest BCUT2D eigenvalue weighted by Gasteiger charge is -2.19. The molecule has 34 heavy (non-hydrogen) atoms. The molecule has 5 N–H and O–H groups in total. The van der Waals surface area contributed by atoms with Crippen LogP contribution in [-0.2, 0) is 16.1 Å². The number of nitrogens with one attached hydrogen (secondary N) is 3. The van der Waals surface area contributed by atoms with Gasteiger partial charge in [0, 0.05) is 11.6 Å². The Hall–Kier alpha value is -3.41. The molecule has 0 radical (unpaired) electrons. The lowest BCUT2D eigenvalue weighted by atomic mass is 10.2. The Morgan fingerprint density at radius 1 is 1.03 bits per heavy atom. The topological polar surface area (TPSA) is 99.3 Å². The van der Waals surface area contributed by atoms with Gasteiger partial charge >= 0.3 is 12.1 Å². The summed E-state index contributed by atoms with van der Waals surface area (Å²) < 4.78 is 42.9. The number of nitrogens with two attached hydrogens (primary N) is 1. The molecule has 0 aromatic heterocycles. The van der Waals surface area contributed by atoms with Crippen molar-refractivity contribution in [2.75, 3.05) is 18.2 Å². The van der Waals surface area contributed by atoms with Crippen LogP contribution in [0.15, 0.2) is 66.0 Å². The second kappa shape index (κ2) is 10.2. The minimum Gasteiger partial charge on any atom is -0.370 e. The maximum Gasteiger partial charge on any atom is 0.405 e. The van der Waals surface area contributed by atoms with E-state index in [0.717, 1.165) is 18.4 Å². The van der Waals surface area contributed by atoms with Gasteiger partial charge in [-0.15, -0.1) is 0 Å². The van der Waals surface area contributed by atoms with E-state index < -0.39 is 18.6 Å². The van der Waals surface area contributed by atoms with Crippen LogP contribution in [0.1, 0.15) is 28.8 Å². The lowest BCUT2D eigenvalue weighted by molar-refractivity contribution is -0.652. The van der Waals surface area contributed by atoms with Gasteiger partial charge in [-0.2, -0.15) is 13.2 Å². The number of carbonyl (C=O) groups excluding carboxylic acids is 2. The molecule has 1 aliphatic heterocycles. The first kappa shape index (κ1) is 23.7. The van der Waals surface area contributed by atoms with Gasteiger partial charge in [-0.25, -0.2) is 10.4 Å². The third kappa shape index (κ3) is 6.34. The van der Waals surface area contributed by atoms with Crippen LogP contribution >= 0.6 is 0 Å². The third-order valence-electron chi connectivity index (χ3n) is 5.26. The minimum absolute atomic E-state index is 0.0914. The average molecular weight is 476 g/mol. The van der Waals surface area contributed by atoms with E-state index in [0.29, 0.717) is 23.7 Å². The van der Waals surface area contributed by atoms with Gasteiger partial charge in [-0.05, 0) is 42.7 Å². The molecular weight excluding hydrogens is 451 g/mol. The zero-order valence-electron chi connectivity index (χ0n) is 18.2. The summed E-state index contributed by atoms with van der Waals surface area (Å²) in [6.07, 6.45) is -2.58. The zero-order chi connectivity index (χ0) is 24.1. The molecule has 2 aromatic rings. The summed E-state index contributed by atoms with van der Waals surface area (Å²) in [5.74, 6) is -1.03. The molecule has 1 aliphatic carbocycles. The van der Waals surface area contributed by atoms with E-state index in [4.69, 9.17) is 4.74 Å². The Labute approximate surface area is 194 Å². The summed E-state index contributed by atoms with van der Waals surface area (Å²) in [4.78, 5) is 24.7. The van der Waals surface area contributed by atoms with E-state index in [1.54, 1.807) is 22.6 Å². The Morgan fingerprint density at radius 3 is 2.38 bits per heavy atom. The molecule has 180 valence electrons. The quantitative estimate of drug-likeness (QED) is 0.411. The smallest absolute Gasteiger partial charge is 0.370 e. The number of hydrazine groups is 1. The molecule has 0 saturated heterocycles. The number of nitrogens with zero attached hydrogens (tertiary/aromatic N) is 1. The second-order valence-corrected chi connectivity index (χ2v) is 8.04. The summed E-state index contributed by atoms with van der Waals surface area (Å²) in [5.41, 5.74) is 7.32. The highest BCUT2D eigenvalue weighted by Gasteiger charge is 2.35. The molecular formula is C23H25F3N5O3+. The van der Waals surface area contributed by atoms with E-state index in [-0.39, 0.29) is 24.1 Å². The van der Waals surface area contributed by atoms with Crippen LogP contribution in [0.5, 0.6) is 0 Å². The molecule has 0 atom stereocenters.